The Kier molecular flexibility index (Phi) is 4.55. The monoisotopic (exact) mass is 413 g/mol. The van der Waals surface area contributed by atoms with Crippen molar-refractivity contribution in [3.63, 3.8) is 0 Å². The van der Waals surface area contributed by atoms with E-state index in [-0.39, 0.29) is 24.9 Å². The molecule has 0 unspecified atom stereocenters. The predicted molar refractivity (Wildman–Crippen MR) is 107 cm³/mol. The van der Waals surface area contributed by atoms with Crippen LogP contribution in [0.25, 0.3) is 4.96 Å². The lowest BCUT2D eigenvalue weighted by Gasteiger charge is -2.25. The molecule has 5 rings (SSSR count). The number of hydrogen-bond donors (Lipinski definition) is 1. The van der Waals surface area contributed by atoms with Crippen molar-refractivity contribution < 1.29 is 14.3 Å². The SMILES string of the molecule is O=C(NCc1ccc2c(c1)OCO2)c1cc(=O)nc2sc(N3CCCCC3)nn12. The van der Waals surface area contributed by atoms with E-state index in [0.717, 1.165) is 36.6 Å². The molecule has 1 fully saturated rings. The number of anilines is 1. The molecular weight excluding hydrogens is 394 g/mol. The standard InChI is InChI=1S/C19H19N5O4S/c25-16-9-13(17(26)20-10-12-4-5-14-15(8-12)28-11-27-14)24-18(21-16)29-19(22-24)23-6-2-1-3-7-23/h4-5,8-9H,1-3,6-7,10-11H2,(H,20,26). The molecule has 29 heavy (non-hydrogen) atoms. The Hall–Kier alpha value is -3.14. The van der Waals surface area contributed by atoms with Gasteiger partial charge in [0.05, 0.1) is 0 Å². The number of nitrogens with one attached hydrogen (secondary N) is 1. The predicted octanol–water partition coefficient (Wildman–Crippen LogP) is 1.80. The summed E-state index contributed by atoms with van der Waals surface area (Å²) in [5.41, 5.74) is 0.597. The van der Waals surface area contributed by atoms with E-state index in [9.17, 15) is 9.59 Å². The topological polar surface area (TPSA) is 98.1 Å². The molecule has 3 aromatic rings. The minimum atomic E-state index is -0.452. The number of fused-ring (bicyclic) bond motifs is 2. The number of hydrogen-bond acceptors (Lipinski definition) is 8. The smallest absolute Gasteiger partial charge is 0.274 e. The molecule has 1 saturated heterocycles. The van der Waals surface area contributed by atoms with Gasteiger partial charge in [-0.3, -0.25) is 9.59 Å². The number of aromatic nitrogens is 3. The van der Waals surface area contributed by atoms with Gasteiger partial charge in [-0.2, -0.15) is 9.50 Å². The third-order valence-corrected chi connectivity index (χ3v) is 5.96. The first kappa shape index (κ1) is 17.9. The quantitative estimate of drug-likeness (QED) is 0.696. The van der Waals surface area contributed by atoms with E-state index < -0.39 is 5.56 Å². The molecule has 2 aliphatic heterocycles. The number of carbonyl (C=O) groups is 1. The van der Waals surface area contributed by atoms with Crippen LogP contribution in [0.5, 0.6) is 11.5 Å². The Labute approximate surface area is 169 Å². The summed E-state index contributed by atoms with van der Waals surface area (Å²) in [5, 5.41) is 8.19. The van der Waals surface area contributed by atoms with Gasteiger partial charge >= 0.3 is 0 Å². The Morgan fingerprint density at radius 3 is 2.83 bits per heavy atom. The van der Waals surface area contributed by atoms with Gasteiger partial charge in [-0.05, 0) is 37.0 Å². The van der Waals surface area contributed by atoms with E-state index in [4.69, 9.17) is 9.47 Å². The van der Waals surface area contributed by atoms with E-state index in [0.29, 0.717) is 16.5 Å². The summed E-state index contributed by atoms with van der Waals surface area (Å²) in [4.78, 5) is 31.4. The second-order valence-electron chi connectivity index (χ2n) is 6.98. The highest BCUT2D eigenvalue weighted by atomic mass is 32.1. The van der Waals surface area contributed by atoms with Crippen LogP contribution >= 0.6 is 11.3 Å². The summed E-state index contributed by atoms with van der Waals surface area (Å²) < 4.78 is 12.1. The van der Waals surface area contributed by atoms with Crippen molar-refractivity contribution in [3.05, 3.63) is 45.9 Å². The average Bonchev–Trinajstić information content (AvgIpc) is 3.38. The number of amides is 1. The van der Waals surface area contributed by atoms with Gasteiger partial charge in [0.1, 0.15) is 5.69 Å². The Morgan fingerprint density at radius 1 is 1.14 bits per heavy atom. The molecule has 4 heterocycles. The second kappa shape index (κ2) is 7.36. The lowest BCUT2D eigenvalue weighted by molar-refractivity contribution is 0.0943. The molecule has 9 nitrogen and oxygen atoms in total. The molecule has 0 atom stereocenters. The van der Waals surface area contributed by atoms with Crippen LogP contribution in [0, 0.1) is 0 Å². The van der Waals surface area contributed by atoms with Gasteiger partial charge in [-0.15, -0.1) is 5.10 Å². The zero-order valence-corrected chi connectivity index (χ0v) is 16.4. The lowest BCUT2D eigenvalue weighted by Crippen LogP contribution is -2.30. The molecule has 0 bridgehead atoms. The van der Waals surface area contributed by atoms with Crippen molar-refractivity contribution in [2.24, 2.45) is 0 Å². The summed E-state index contributed by atoms with van der Waals surface area (Å²) in [6.45, 7) is 2.34. The Balaban J connectivity index is 1.39. The van der Waals surface area contributed by atoms with E-state index in [1.165, 1.54) is 28.3 Å². The van der Waals surface area contributed by atoms with Crippen molar-refractivity contribution in [1.29, 1.82) is 0 Å². The summed E-state index contributed by atoms with van der Waals surface area (Å²) in [7, 11) is 0. The summed E-state index contributed by atoms with van der Waals surface area (Å²) in [6.07, 6.45) is 3.44. The minimum Gasteiger partial charge on any atom is -0.454 e. The van der Waals surface area contributed by atoms with Crippen LogP contribution in [0.15, 0.2) is 29.1 Å². The molecule has 1 amide bonds. The second-order valence-corrected chi connectivity index (χ2v) is 7.91. The first-order chi connectivity index (χ1) is 14.2. The Morgan fingerprint density at radius 2 is 1.97 bits per heavy atom. The molecular formula is C19H19N5O4S. The normalized spacial score (nSPS) is 15.7. The molecule has 0 spiro atoms. The zero-order valence-electron chi connectivity index (χ0n) is 15.6. The van der Waals surface area contributed by atoms with Gasteiger partial charge in [0.2, 0.25) is 16.9 Å². The minimum absolute atomic E-state index is 0.181. The Bertz CT molecular complexity index is 1140. The van der Waals surface area contributed by atoms with Crippen LogP contribution in [0.2, 0.25) is 0 Å². The third kappa shape index (κ3) is 3.51. The van der Waals surface area contributed by atoms with Gasteiger partial charge in [0, 0.05) is 25.7 Å². The average molecular weight is 413 g/mol. The van der Waals surface area contributed by atoms with E-state index in [1.807, 2.05) is 18.2 Å². The van der Waals surface area contributed by atoms with Crippen molar-refractivity contribution in [2.75, 3.05) is 24.8 Å². The maximum Gasteiger partial charge on any atom is 0.274 e. The third-order valence-electron chi connectivity index (χ3n) is 4.99. The van der Waals surface area contributed by atoms with Gasteiger partial charge in [-0.25, -0.2) is 0 Å². The van der Waals surface area contributed by atoms with Gasteiger partial charge in [0.15, 0.2) is 11.5 Å². The van der Waals surface area contributed by atoms with Crippen molar-refractivity contribution in [3.8, 4) is 11.5 Å². The highest BCUT2D eigenvalue weighted by Crippen LogP contribution is 2.32. The zero-order chi connectivity index (χ0) is 19.8. The molecule has 0 saturated carbocycles. The summed E-state index contributed by atoms with van der Waals surface area (Å²) in [5.74, 6) is 0.966. The van der Waals surface area contributed by atoms with Gasteiger partial charge in [0.25, 0.3) is 11.5 Å². The molecule has 0 radical (unpaired) electrons. The lowest BCUT2D eigenvalue weighted by atomic mass is 10.1. The number of carbonyl (C=O) groups excluding carboxylic acids is 1. The molecule has 2 aromatic heterocycles. The fourth-order valence-electron chi connectivity index (χ4n) is 3.50. The van der Waals surface area contributed by atoms with Crippen LogP contribution in [0.3, 0.4) is 0 Å². The maximum atomic E-state index is 12.8. The van der Waals surface area contributed by atoms with Crippen LogP contribution < -0.4 is 25.2 Å². The number of nitrogens with zero attached hydrogens (tertiary/aromatic N) is 4. The van der Waals surface area contributed by atoms with Crippen LogP contribution in [-0.2, 0) is 6.54 Å². The van der Waals surface area contributed by atoms with Gasteiger partial charge < -0.3 is 19.7 Å². The highest BCUT2D eigenvalue weighted by Gasteiger charge is 2.20. The van der Waals surface area contributed by atoms with Crippen LogP contribution in [-0.4, -0.2) is 40.4 Å². The first-order valence-electron chi connectivity index (χ1n) is 9.50. The number of rotatable bonds is 4. The molecule has 0 aliphatic carbocycles. The van der Waals surface area contributed by atoms with Crippen molar-refractivity contribution >= 4 is 27.3 Å². The first-order valence-corrected chi connectivity index (χ1v) is 10.3. The van der Waals surface area contributed by atoms with Crippen molar-refractivity contribution in [2.45, 2.75) is 25.8 Å². The fraction of sp³-hybridized carbons (Fsp3) is 0.368. The number of ether oxygens (including phenoxy) is 2. The molecule has 1 N–H and O–H groups in total. The molecule has 10 heteroatoms. The van der Waals surface area contributed by atoms with Gasteiger partial charge in [-0.1, -0.05) is 17.4 Å². The highest BCUT2D eigenvalue weighted by molar-refractivity contribution is 7.20. The molecule has 1 aromatic carbocycles. The van der Waals surface area contributed by atoms with E-state index in [1.54, 1.807) is 0 Å². The van der Waals surface area contributed by atoms with Crippen LogP contribution in [0.1, 0.15) is 35.3 Å². The number of benzene rings is 1. The number of piperidine rings is 1. The van der Waals surface area contributed by atoms with E-state index >= 15 is 0 Å². The molecule has 2 aliphatic rings. The fourth-order valence-corrected chi connectivity index (χ4v) is 4.46. The van der Waals surface area contributed by atoms with Crippen LogP contribution in [0.4, 0.5) is 5.13 Å². The van der Waals surface area contributed by atoms with Crippen molar-refractivity contribution in [1.82, 2.24) is 19.9 Å². The summed E-state index contributed by atoms with van der Waals surface area (Å²) >= 11 is 1.33. The maximum absolute atomic E-state index is 12.8. The summed E-state index contributed by atoms with van der Waals surface area (Å²) in [6, 6.07) is 6.72. The largest absolute Gasteiger partial charge is 0.454 e. The van der Waals surface area contributed by atoms with E-state index in [2.05, 4.69) is 20.3 Å². The molecule has 150 valence electrons.